The van der Waals surface area contributed by atoms with Crippen LogP contribution in [-0.2, 0) is 9.63 Å². The molecule has 25 heavy (non-hydrogen) atoms. The molecule has 1 saturated carbocycles. The van der Waals surface area contributed by atoms with E-state index in [0.717, 1.165) is 42.7 Å². The third-order valence-corrected chi connectivity index (χ3v) is 4.95. The number of nitrogens with zero attached hydrogens (tertiary/aromatic N) is 2. The van der Waals surface area contributed by atoms with E-state index in [4.69, 9.17) is 9.57 Å². The molecule has 134 valence electrons. The zero-order valence-corrected chi connectivity index (χ0v) is 14.8. The predicted octanol–water partition coefficient (Wildman–Crippen LogP) is 3.39. The summed E-state index contributed by atoms with van der Waals surface area (Å²) in [6, 6.07) is 7.79. The van der Waals surface area contributed by atoms with Crippen LogP contribution in [0.25, 0.3) is 0 Å². The summed E-state index contributed by atoms with van der Waals surface area (Å²) in [7, 11) is 1.65. The normalized spacial score (nSPS) is 20.0. The molecule has 0 bridgehead atoms. The predicted molar refractivity (Wildman–Crippen MR) is 97.8 cm³/mol. The molecule has 3 rings (SSSR count). The second kappa shape index (κ2) is 8.19. The van der Waals surface area contributed by atoms with E-state index in [1.165, 1.54) is 0 Å². The number of ether oxygens (including phenoxy) is 1. The molecule has 1 aliphatic heterocycles. The number of oxime groups is 1. The SMILES string of the molecule is C=CCN(C[C@H]1CC(c2ccc(OC)cc2)=NO1)C(=O)C1CCCC1. The molecule has 0 radical (unpaired) electrons. The lowest BCUT2D eigenvalue weighted by atomic mass is 10.0. The summed E-state index contributed by atoms with van der Waals surface area (Å²) in [6.07, 6.45) is 6.72. The van der Waals surface area contributed by atoms with Crippen molar-refractivity contribution in [3.63, 3.8) is 0 Å². The molecule has 1 amide bonds. The molecule has 1 aromatic carbocycles. The first-order valence-electron chi connectivity index (χ1n) is 8.98. The third-order valence-electron chi connectivity index (χ3n) is 4.95. The highest BCUT2D eigenvalue weighted by atomic mass is 16.6. The topological polar surface area (TPSA) is 51.1 Å². The van der Waals surface area contributed by atoms with Crippen LogP contribution in [0.5, 0.6) is 5.75 Å². The molecule has 1 aliphatic carbocycles. The van der Waals surface area contributed by atoms with E-state index >= 15 is 0 Å². The lowest BCUT2D eigenvalue weighted by Crippen LogP contribution is -2.40. The van der Waals surface area contributed by atoms with Crippen molar-refractivity contribution in [2.75, 3.05) is 20.2 Å². The summed E-state index contributed by atoms with van der Waals surface area (Å²) in [5, 5.41) is 4.22. The summed E-state index contributed by atoms with van der Waals surface area (Å²) in [4.78, 5) is 20.2. The Kier molecular flexibility index (Phi) is 5.74. The molecule has 0 unspecified atom stereocenters. The monoisotopic (exact) mass is 342 g/mol. The van der Waals surface area contributed by atoms with Gasteiger partial charge in [0.15, 0.2) is 6.10 Å². The molecular weight excluding hydrogens is 316 g/mol. The molecular formula is C20H26N2O3. The lowest BCUT2D eigenvalue weighted by molar-refractivity contribution is -0.136. The Morgan fingerprint density at radius 2 is 2.08 bits per heavy atom. The van der Waals surface area contributed by atoms with Gasteiger partial charge in [0.1, 0.15) is 5.75 Å². The van der Waals surface area contributed by atoms with E-state index in [2.05, 4.69) is 11.7 Å². The van der Waals surface area contributed by atoms with Crippen molar-refractivity contribution >= 4 is 11.6 Å². The molecule has 5 heteroatoms. The van der Waals surface area contributed by atoms with Gasteiger partial charge in [0.2, 0.25) is 5.91 Å². The average Bonchev–Trinajstić information content (AvgIpc) is 3.33. The van der Waals surface area contributed by atoms with Crippen LogP contribution < -0.4 is 4.74 Å². The molecule has 0 spiro atoms. The molecule has 2 aliphatic rings. The first-order valence-corrected chi connectivity index (χ1v) is 8.98. The molecule has 1 aromatic rings. The van der Waals surface area contributed by atoms with Gasteiger partial charge in [-0.25, -0.2) is 0 Å². The van der Waals surface area contributed by atoms with Gasteiger partial charge in [-0.05, 0) is 42.7 Å². The minimum absolute atomic E-state index is 0.0950. The highest BCUT2D eigenvalue weighted by Crippen LogP contribution is 2.27. The van der Waals surface area contributed by atoms with Gasteiger partial charge in [0.25, 0.3) is 0 Å². The number of carbonyl (C=O) groups excluding carboxylic acids is 1. The van der Waals surface area contributed by atoms with Crippen molar-refractivity contribution in [1.29, 1.82) is 0 Å². The van der Waals surface area contributed by atoms with Crippen molar-refractivity contribution in [3.8, 4) is 5.75 Å². The summed E-state index contributed by atoms with van der Waals surface area (Å²) in [6.45, 7) is 4.91. The number of carbonyl (C=O) groups is 1. The van der Waals surface area contributed by atoms with Gasteiger partial charge < -0.3 is 14.5 Å². The van der Waals surface area contributed by atoms with Gasteiger partial charge in [-0.3, -0.25) is 4.79 Å². The smallest absolute Gasteiger partial charge is 0.226 e. The van der Waals surface area contributed by atoms with Crippen molar-refractivity contribution in [2.45, 2.75) is 38.2 Å². The van der Waals surface area contributed by atoms with Gasteiger partial charge in [-0.15, -0.1) is 6.58 Å². The Bertz CT molecular complexity index is 633. The van der Waals surface area contributed by atoms with Gasteiger partial charge in [-0.2, -0.15) is 0 Å². The number of methoxy groups -OCH3 is 1. The summed E-state index contributed by atoms with van der Waals surface area (Å²) < 4.78 is 5.18. The van der Waals surface area contributed by atoms with Gasteiger partial charge in [-0.1, -0.05) is 24.1 Å². The minimum atomic E-state index is -0.0950. The first kappa shape index (κ1) is 17.5. The van der Waals surface area contributed by atoms with Gasteiger partial charge >= 0.3 is 0 Å². The van der Waals surface area contributed by atoms with Crippen LogP contribution in [-0.4, -0.2) is 42.8 Å². The molecule has 0 aromatic heterocycles. The van der Waals surface area contributed by atoms with Crippen molar-refractivity contribution in [1.82, 2.24) is 4.90 Å². The van der Waals surface area contributed by atoms with Crippen LogP contribution in [0.2, 0.25) is 0 Å². The van der Waals surface area contributed by atoms with Crippen LogP contribution in [0.4, 0.5) is 0 Å². The van der Waals surface area contributed by atoms with Crippen molar-refractivity contribution in [2.24, 2.45) is 11.1 Å². The second-order valence-corrected chi connectivity index (χ2v) is 6.71. The molecule has 0 N–H and O–H groups in total. The molecule has 0 saturated heterocycles. The number of amides is 1. The second-order valence-electron chi connectivity index (χ2n) is 6.71. The summed E-state index contributed by atoms with van der Waals surface area (Å²) in [5.74, 6) is 1.22. The van der Waals surface area contributed by atoms with E-state index in [1.807, 2.05) is 29.2 Å². The molecule has 5 nitrogen and oxygen atoms in total. The highest BCUT2D eigenvalue weighted by Gasteiger charge is 2.30. The van der Waals surface area contributed by atoms with Crippen molar-refractivity contribution in [3.05, 3.63) is 42.5 Å². The first-order chi connectivity index (χ1) is 12.2. The Labute approximate surface area is 149 Å². The van der Waals surface area contributed by atoms with Crippen LogP contribution in [0.1, 0.15) is 37.7 Å². The fourth-order valence-electron chi connectivity index (χ4n) is 3.57. The fourth-order valence-corrected chi connectivity index (χ4v) is 3.57. The Morgan fingerprint density at radius 1 is 1.36 bits per heavy atom. The number of benzene rings is 1. The van der Waals surface area contributed by atoms with E-state index in [9.17, 15) is 4.79 Å². The maximum Gasteiger partial charge on any atom is 0.226 e. The maximum absolute atomic E-state index is 12.7. The standard InChI is InChI=1S/C20H26N2O3/c1-3-12-22(20(23)16-6-4-5-7-16)14-18-13-19(21-25-18)15-8-10-17(24-2)11-9-15/h3,8-11,16,18H,1,4-7,12-14H2,2H3/t18-/m1/s1. The summed E-state index contributed by atoms with van der Waals surface area (Å²) >= 11 is 0. The quantitative estimate of drug-likeness (QED) is 0.714. The Balaban J connectivity index is 1.58. The van der Waals surface area contributed by atoms with Gasteiger partial charge in [0.05, 0.1) is 19.4 Å². The number of hydrogen-bond donors (Lipinski definition) is 0. The van der Waals surface area contributed by atoms with Crippen LogP contribution in [0, 0.1) is 5.92 Å². The molecule has 1 heterocycles. The van der Waals surface area contributed by atoms with Crippen LogP contribution in [0.15, 0.2) is 42.1 Å². The van der Waals surface area contributed by atoms with E-state index < -0.39 is 0 Å². The minimum Gasteiger partial charge on any atom is -0.497 e. The lowest BCUT2D eigenvalue weighted by Gasteiger charge is -2.26. The Morgan fingerprint density at radius 3 is 2.72 bits per heavy atom. The van der Waals surface area contributed by atoms with Crippen LogP contribution in [0.3, 0.4) is 0 Å². The zero-order valence-electron chi connectivity index (χ0n) is 14.8. The van der Waals surface area contributed by atoms with E-state index in [0.29, 0.717) is 19.5 Å². The van der Waals surface area contributed by atoms with E-state index in [-0.39, 0.29) is 17.9 Å². The fraction of sp³-hybridized carbons (Fsp3) is 0.500. The van der Waals surface area contributed by atoms with Gasteiger partial charge in [0, 0.05) is 18.9 Å². The molecule has 1 fully saturated rings. The summed E-state index contributed by atoms with van der Waals surface area (Å²) in [5.41, 5.74) is 1.94. The average molecular weight is 342 g/mol. The highest BCUT2D eigenvalue weighted by molar-refractivity contribution is 6.01. The number of hydrogen-bond acceptors (Lipinski definition) is 4. The van der Waals surface area contributed by atoms with Crippen LogP contribution >= 0.6 is 0 Å². The maximum atomic E-state index is 12.7. The molecule has 1 atom stereocenters. The largest absolute Gasteiger partial charge is 0.497 e. The van der Waals surface area contributed by atoms with E-state index in [1.54, 1.807) is 13.2 Å². The van der Waals surface area contributed by atoms with Crippen molar-refractivity contribution < 1.29 is 14.4 Å². The number of rotatable bonds is 7. The third kappa shape index (κ3) is 4.21. The Hall–Kier alpha value is -2.30. The zero-order chi connectivity index (χ0) is 17.6.